The number of thiazole rings is 1. The van der Waals surface area contributed by atoms with E-state index < -0.39 is 0 Å². The Bertz CT molecular complexity index is 485. The predicted octanol–water partition coefficient (Wildman–Crippen LogP) is 3.40. The lowest BCUT2D eigenvalue weighted by Gasteiger charge is -2.13. The first-order valence-electron chi connectivity index (χ1n) is 5.22. The largest absolute Gasteiger partial charge is 0.488 e. The topological polar surface area (TPSA) is 48.1 Å². The van der Waals surface area contributed by atoms with Gasteiger partial charge in [-0.3, -0.25) is 4.98 Å². The van der Waals surface area contributed by atoms with Crippen LogP contribution in [0.2, 0.25) is 5.02 Å². The van der Waals surface area contributed by atoms with Crippen molar-refractivity contribution in [3.05, 3.63) is 45.4 Å². The molecule has 1 aromatic carbocycles. The lowest BCUT2D eigenvalue weighted by atomic mass is 10.1. The summed E-state index contributed by atoms with van der Waals surface area (Å²) in [6.45, 7) is 2.41. The summed E-state index contributed by atoms with van der Waals surface area (Å²) < 4.78 is 5.73. The molecule has 0 aliphatic carbocycles. The monoisotopic (exact) mass is 268 g/mol. The lowest BCUT2D eigenvalue weighted by molar-refractivity contribution is 0.305. The van der Waals surface area contributed by atoms with Crippen molar-refractivity contribution >= 4 is 22.9 Å². The first kappa shape index (κ1) is 12.4. The fourth-order valence-corrected chi connectivity index (χ4v) is 2.16. The maximum absolute atomic E-state index is 5.94. The number of halogens is 1. The Morgan fingerprint density at radius 1 is 1.53 bits per heavy atom. The van der Waals surface area contributed by atoms with Gasteiger partial charge >= 0.3 is 0 Å². The molecule has 0 bridgehead atoms. The van der Waals surface area contributed by atoms with Gasteiger partial charge in [0.2, 0.25) is 0 Å². The molecule has 1 heterocycles. The molecule has 1 aromatic heterocycles. The number of ether oxygens (including phenoxy) is 1. The number of aromatic nitrogens is 1. The summed E-state index contributed by atoms with van der Waals surface area (Å²) in [5.74, 6) is 0.776. The zero-order chi connectivity index (χ0) is 12.3. The Balaban J connectivity index is 2.14. The van der Waals surface area contributed by atoms with E-state index in [2.05, 4.69) is 4.98 Å². The maximum atomic E-state index is 5.94. The van der Waals surface area contributed by atoms with E-state index in [1.807, 2.05) is 19.1 Å². The highest BCUT2D eigenvalue weighted by Crippen LogP contribution is 2.28. The molecule has 0 aliphatic heterocycles. The Morgan fingerprint density at radius 3 is 3.00 bits per heavy atom. The van der Waals surface area contributed by atoms with Crippen molar-refractivity contribution in [2.75, 3.05) is 0 Å². The summed E-state index contributed by atoms with van der Waals surface area (Å²) in [5.41, 5.74) is 8.59. The molecular weight excluding hydrogens is 256 g/mol. The average molecular weight is 269 g/mol. The molecule has 17 heavy (non-hydrogen) atoms. The first-order valence-corrected chi connectivity index (χ1v) is 6.48. The van der Waals surface area contributed by atoms with E-state index in [9.17, 15) is 0 Å². The fraction of sp³-hybridized carbons (Fsp3) is 0.250. The van der Waals surface area contributed by atoms with Crippen LogP contribution in [0.15, 0.2) is 29.9 Å². The van der Waals surface area contributed by atoms with Gasteiger partial charge < -0.3 is 10.5 Å². The van der Waals surface area contributed by atoms with Gasteiger partial charge in [-0.15, -0.1) is 11.3 Å². The van der Waals surface area contributed by atoms with Gasteiger partial charge in [0.05, 0.1) is 10.4 Å². The van der Waals surface area contributed by atoms with Gasteiger partial charge in [0.15, 0.2) is 0 Å². The van der Waals surface area contributed by atoms with Gasteiger partial charge in [0.1, 0.15) is 12.4 Å². The van der Waals surface area contributed by atoms with E-state index in [0.717, 1.165) is 16.2 Å². The van der Waals surface area contributed by atoms with E-state index >= 15 is 0 Å². The summed E-state index contributed by atoms with van der Waals surface area (Å²) in [7, 11) is 0. The number of hydrogen-bond acceptors (Lipinski definition) is 4. The molecule has 2 aromatic rings. The molecule has 0 aliphatic rings. The first-order chi connectivity index (χ1) is 8.16. The third kappa shape index (κ3) is 3.19. The van der Waals surface area contributed by atoms with Gasteiger partial charge in [-0.1, -0.05) is 11.6 Å². The normalized spacial score (nSPS) is 12.4. The van der Waals surface area contributed by atoms with Crippen molar-refractivity contribution in [3.63, 3.8) is 0 Å². The molecule has 2 N–H and O–H groups in total. The van der Waals surface area contributed by atoms with Crippen LogP contribution in [0.4, 0.5) is 0 Å². The van der Waals surface area contributed by atoms with Crippen molar-refractivity contribution < 1.29 is 4.74 Å². The standard InChI is InChI=1S/C12H13ClN2OS/c1-8(14)11-4-9(13)2-3-12(11)16-6-10-5-15-7-17-10/h2-5,7-8H,6,14H2,1H3/t8-/m1/s1. The van der Waals surface area contributed by atoms with Gasteiger partial charge in [-0.25, -0.2) is 0 Å². The smallest absolute Gasteiger partial charge is 0.124 e. The van der Waals surface area contributed by atoms with Crippen LogP contribution >= 0.6 is 22.9 Å². The van der Waals surface area contributed by atoms with Gasteiger partial charge in [-0.05, 0) is 25.1 Å². The van der Waals surface area contributed by atoms with E-state index in [1.165, 1.54) is 0 Å². The highest BCUT2D eigenvalue weighted by atomic mass is 35.5. The summed E-state index contributed by atoms with van der Waals surface area (Å²) in [4.78, 5) is 5.08. The third-order valence-electron chi connectivity index (χ3n) is 2.32. The maximum Gasteiger partial charge on any atom is 0.124 e. The van der Waals surface area contributed by atoms with Crippen LogP contribution in [-0.4, -0.2) is 4.98 Å². The number of hydrogen-bond donors (Lipinski definition) is 1. The number of nitrogens with two attached hydrogens (primary N) is 1. The minimum absolute atomic E-state index is 0.106. The van der Waals surface area contributed by atoms with E-state index in [0.29, 0.717) is 11.6 Å². The molecule has 0 amide bonds. The zero-order valence-electron chi connectivity index (χ0n) is 9.39. The highest BCUT2D eigenvalue weighted by molar-refractivity contribution is 7.09. The fourth-order valence-electron chi connectivity index (χ4n) is 1.47. The zero-order valence-corrected chi connectivity index (χ0v) is 11.0. The summed E-state index contributed by atoms with van der Waals surface area (Å²) in [6, 6.07) is 5.39. The van der Waals surface area contributed by atoms with E-state index in [1.54, 1.807) is 29.1 Å². The molecule has 0 radical (unpaired) electrons. The average Bonchev–Trinajstić information content (AvgIpc) is 2.80. The molecule has 90 valence electrons. The number of benzene rings is 1. The quantitative estimate of drug-likeness (QED) is 0.925. The Kier molecular flexibility index (Phi) is 3.99. The van der Waals surface area contributed by atoms with Crippen molar-refractivity contribution in [2.45, 2.75) is 19.6 Å². The predicted molar refractivity (Wildman–Crippen MR) is 70.5 cm³/mol. The van der Waals surface area contributed by atoms with Crippen LogP contribution < -0.4 is 10.5 Å². The minimum atomic E-state index is -0.106. The third-order valence-corrected chi connectivity index (χ3v) is 3.30. The van der Waals surface area contributed by atoms with Crippen LogP contribution in [0.3, 0.4) is 0 Å². The number of rotatable bonds is 4. The molecule has 0 unspecified atom stereocenters. The lowest BCUT2D eigenvalue weighted by Crippen LogP contribution is -2.07. The molecule has 3 nitrogen and oxygen atoms in total. The second-order valence-electron chi connectivity index (χ2n) is 3.73. The second-order valence-corrected chi connectivity index (χ2v) is 5.13. The highest BCUT2D eigenvalue weighted by Gasteiger charge is 2.09. The van der Waals surface area contributed by atoms with E-state index in [4.69, 9.17) is 22.1 Å². The van der Waals surface area contributed by atoms with Crippen LogP contribution in [0, 0.1) is 0 Å². The molecule has 0 saturated heterocycles. The van der Waals surface area contributed by atoms with Crippen molar-refractivity contribution in [3.8, 4) is 5.75 Å². The summed E-state index contributed by atoms with van der Waals surface area (Å²) in [5, 5.41) is 0.669. The van der Waals surface area contributed by atoms with Gasteiger partial charge in [0, 0.05) is 22.8 Å². The Morgan fingerprint density at radius 2 is 2.35 bits per heavy atom. The van der Waals surface area contributed by atoms with E-state index in [-0.39, 0.29) is 6.04 Å². The van der Waals surface area contributed by atoms with Gasteiger partial charge in [0.25, 0.3) is 0 Å². The van der Waals surface area contributed by atoms with Crippen molar-refractivity contribution in [2.24, 2.45) is 5.73 Å². The Hall–Kier alpha value is -1.10. The number of nitrogens with zero attached hydrogens (tertiary/aromatic N) is 1. The molecule has 5 heteroatoms. The van der Waals surface area contributed by atoms with Crippen LogP contribution in [-0.2, 0) is 6.61 Å². The van der Waals surface area contributed by atoms with Crippen LogP contribution in [0.1, 0.15) is 23.4 Å². The molecular formula is C12H13ClN2OS. The molecule has 0 spiro atoms. The summed E-state index contributed by atoms with van der Waals surface area (Å²) >= 11 is 7.51. The molecule has 0 fully saturated rings. The van der Waals surface area contributed by atoms with Crippen LogP contribution in [0.5, 0.6) is 5.75 Å². The molecule has 1 atom stereocenters. The van der Waals surface area contributed by atoms with Crippen molar-refractivity contribution in [1.29, 1.82) is 0 Å². The SMILES string of the molecule is C[C@@H](N)c1cc(Cl)ccc1OCc1cncs1. The molecule has 0 saturated carbocycles. The minimum Gasteiger partial charge on any atom is -0.488 e. The Labute approximate surface area is 109 Å². The van der Waals surface area contributed by atoms with Crippen molar-refractivity contribution in [1.82, 2.24) is 4.98 Å². The second kappa shape index (κ2) is 5.49. The van der Waals surface area contributed by atoms with Gasteiger partial charge in [-0.2, -0.15) is 0 Å². The summed E-state index contributed by atoms with van der Waals surface area (Å²) in [6.07, 6.45) is 1.80. The molecule has 2 rings (SSSR count). The van der Waals surface area contributed by atoms with Crippen LogP contribution in [0.25, 0.3) is 0 Å².